The van der Waals surface area contributed by atoms with Gasteiger partial charge in [-0.2, -0.15) is 0 Å². The van der Waals surface area contributed by atoms with E-state index < -0.39 is 4.92 Å². The van der Waals surface area contributed by atoms with Crippen molar-refractivity contribution in [3.63, 3.8) is 0 Å². The van der Waals surface area contributed by atoms with Crippen molar-refractivity contribution >= 4 is 11.6 Å². The van der Waals surface area contributed by atoms with Crippen LogP contribution in [0, 0.1) is 10.1 Å². The number of nitrogens with zero attached hydrogens (tertiary/aromatic N) is 2. The molecule has 0 saturated carbocycles. The molecular weight excluding hydrogens is 388 g/mol. The molecule has 2 heterocycles. The van der Waals surface area contributed by atoms with E-state index in [-0.39, 0.29) is 17.4 Å². The fraction of sp³-hybridized carbons (Fsp3) is 0.227. The normalized spacial score (nSPS) is 12.9. The number of furan rings is 1. The summed E-state index contributed by atoms with van der Waals surface area (Å²) in [6, 6.07) is 13.2. The molecule has 1 aliphatic heterocycles. The van der Waals surface area contributed by atoms with Gasteiger partial charge in [-0.15, -0.1) is 0 Å². The van der Waals surface area contributed by atoms with E-state index in [1.165, 1.54) is 12.1 Å². The fourth-order valence-electron chi connectivity index (χ4n) is 3.57. The zero-order valence-corrected chi connectivity index (χ0v) is 16.6. The first-order valence-electron chi connectivity index (χ1n) is 9.38. The molecule has 8 nitrogen and oxygen atoms in total. The van der Waals surface area contributed by atoms with Crippen molar-refractivity contribution in [2.75, 3.05) is 20.8 Å². The molecule has 0 atom stereocenters. The molecule has 0 bridgehead atoms. The van der Waals surface area contributed by atoms with E-state index in [4.69, 9.17) is 13.9 Å². The SMILES string of the molecule is COc1cc2c(cc1OC)CN(C(=O)c1ccc(-c3ccc([N+](=O)[O-])cc3)o1)CC2. The van der Waals surface area contributed by atoms with Gasteiger partial charge < -0.3 is 18.8 Å². The van der Waals surface area contributed by atoms with Gasteiger partial charge in [0.05, 0.1) is 19.1 Å². The number of benzene rings is 2. The summed E-state index contributed by atoms with van der Waals surface area (Å²) < 4.78 is 16.5. The number of non-ortho nitro benzene ring substituents is 1. The molecule has 4 rings (SSSR count). The van der Waals surface area contributed by atoms with Crippen LogP contribution in [-0.4, -0.2) is 36.5 Å². The van der Waals surface area contributed by atoms with E-state index in [0.29, 0.717) is 42.3 Å². The summed E-state index contributed by atoms with van der Waals surface area (Å²) in [6.45, 7) is 1.01. The predicted molar refractivity (Wildman–Crippen MR) is 109 cm³/mol. The lowest BCUT2D eigenvalue weighted by molar-refractivity contribution is -0.384. The Morgan fingerprint density at radius 3 is 2.33 bits per heavy atom. The number of nitro benzene ring substituents is 1. The Labute approximate surface area is 172 Å². The molecule has 0 saturated heterocycles. The average molecular weight is 408 g/mol. The first-order chi connectivity index (χ1) is 14.5. The van der Waals surface area contributed by atoms with Crippen molar-refractivity contribution in [2.24, 2.45) is 0 Å². The van der Waals surface area contributed by atoms with Crippen molar-refractivity contribution in [1.82, 2.24) is 4.90 Å². The van der Waals surface area contributed by atoms with Gasteiger partial charge in [0.2, 0.25) is 0 Å². The minimum atomic E-state index is -0.459. The number of hydrogen-bond acceptors (Lipinski definition) is 6. The van der Waals surface area contributed by atoms with Crippen LogP contribution < -0.4 is 9.47 Å². The second kappa shape index (κ2) is 7.90. The van der Waals surface area contributed by atoms with Crippen LogP contribution >= 0.6 is 0 Å². The Bertz CT molecular complexity index is 1100. The van der Waals surface area contributed by atoms with Gasteiger partial charge in [0.15, 0.2) is 17.3 Å². The third kappa shape index (κ3) is 3.59. The van der Waals surface area contributed by atoms with Crippen LogP contribution in [-0.2, 0) is 13.0 Å². The Kier molecular flexibility index (Phi) is 5.14. The minimum Gasteiger partial charge on any atom is -0.493 e. The Hall–Kier alpha value is -3.81. The number of methoxy groups -OCH3 is 2. The Morgan fingerprint density at radius 2 is 1.70 bits per heavy atom. The number of carbonyl (C=O) groups excluding carboxylic acids is 1. The molecule has 0 fully saturated rings. The van der Waals surface area contributed by atoms with Crippen LogP contribution in [0.25, 0.3) is 11.3 Å². The lowest BCUT2D eigenvalue weighted by Crippen LogP contribution is -2.35. The number of hydrogen-bond donors (Lipinski definition) is 0. The molecule has 0 radical (unpaired) electrons. The maximum atomic E-state index is 13.0. The third-order valence-corrected chi connectivity index (χ3v) is 5.18. The number of rotatable bonds is 5. The second-order valence-electron chi connectivity index (χ2n) is 6.92. The molecule has 1 aromatic heterocycles. The van der Waals surface area contributed by atoms with Gasteiger partial charge in [-0.3, -0.25) is 14.9 Å². The van der Waals surface area contributed by atoms with Crippen LogP contribution in [0.15, 0.2) is 52.9 Å². The molecule has 0 unspecified atom stereocenters. The highest BCUT2D eigenvalue weighted by Gasteiger charge is 2.25. The summed E-state index contributed by atoms with van der Waals surface area (Å²) in [5.41, 5.74) is 2.80. The molecule has 0 N–H and O–H groups in total. The van der Waals surface area contributed by atoms with Crippen molar-refractivity contribution in [1.29, 1.82) is 0 Å². The van der Waals surface area contributed by atoms with Crippen molar-refractivity contribution < 1.29 is 23.6 Å². The predicted octanol–water partition coefficient (Wildman–Crippen LogP) is 4.07. The zero-order chi connectivity index (χ0) is 21.3. The summed E-state index contributed by atoms with van der Waals surface area (Å²) in [5, 5.41) is 10.8. The lowest BCUT2D eigenvalue weighted by atomic mass is 9.98. The summed E-state index contributed by atoms with van der Waals surface area (Å²) in [6.07, 6.45) is 0.706. The number of nitro groups is 1. The lowest BCUT2D eigenvalue weighted by Gasteiger charge is -2.29. The van der Waals surface area contributed by atoms with Crippen LogP contribution in [0.5, 0.6) is 11.5 Å². The minimum absolute atomic E-state index is 0.000599. The molecular formula is C22H20N2O6. The topological polar surface area (TPSA) is 95.0 Å². The van der Waals surface area contributed by atoms with Crippen molar-refractivity contribution in [2.45, 2.75) is 13.0 Å². The molecule has 0 aliphatic carbocycles. The van der Waals surface area contributed by atoms with E-state index in [1.54, 1.807) is 43.4 Å². The maximum absolute atomic E-state index is 13.0. The highest BCUT2D eigenvalue weighted by molar-refractivity contribution is 5.92. The van der Waals surface area contributed by atoms with Gasteiger partial charge in [0.25, 0.3) is 11.6 Å². The van der Waals surface area contributed by atoms with Gasteiger partial charge in [-0.1, -0.05) is 0 Å². The number of amides is 1. The van der Waals surface area contributed by atoms with Crippen LogP contribution in [0.3, 0.4) is 0 Å². The third-order valence-electron chi connectivity index (χ3n) is 5.18. The number of fused-ring (bicyclic) bond motifs is 1. The first-order valence-corrected chi connectivity index (χ1v) is 9.38. The van der Waals surface area contributed by atoms with Crippen LogP contribution in [0.2, 0.25) is 0 Å². The number of ether oxygens (including phenoxy) is 2. The highest BCUT2D eigenvalue weighted by Crippen LogP contribution is 2.34. The second-order valence-corrected chi connectivity index (χ2v) is 6.92. The van der Waals surface area contributed by atoms with Crippen molar-refractivity contribution in [3.05, 3.63) is 75.5 Å². The van der Waals surface area contributed by atoms with E-state index in [1.807, 2.05) is 12.1 Å². The molecule has 8 heteroatoms. The van der Waals surface area contributed by atoms with Gasteiger partial charge in [0, 0.05) is 30.8 Å². The van der Waals surface area contributed by atoms with Gasteiger partial charge in [-0.05, 0) is 53.9 Å². The Morgan fingerprint density at radius 1 is 1.03 bits per heavy atom. The van der Waals surface area contributed by atoms with E-state index >= 15 is 0 Å². The van der Waals surface area contributed by atoms with Crippen LogP contribution in [0.4, 0.5) is 5.69 Å². The Balaban J connectivity index is 1.53. The molecule has 1 amide bonds. The average Bonchev–Trinajstić information content (AvgIpc) is 3.27. The molecule has 30 heavy (non-hydrogen) atoms. The summed E-state index contributed by atoms with van der Waals surface area (Å²) in [5.74, 6) is 1.81. The smallest absolute Gasteiger partial charge is 0.289 e. The largest absolute Gasteiger partial charge is 0.493 e. The maximum Gasteiger partial charge on any atom is 0.289 e. The van der Waals surface area contributed by atoms with Gasteiger partial charge in [0.1, 0.15) is 5.76 Å². The fourth-order valence-corrected chi connectivity index (χ4v) is 3.57. The molecule has 154 valence electrons. The summed E-state index contributed by atoms with van der Waals surface area (Å²) in [7, 11) is 3.18. The molecule has 3 aromatic rings. The van der Waals surface area contributed by atoms with E-state index in [9.17, 15) is 14.9 Å². The van der Waals surface area contributed by atoms with E-state index in [2.05, 4.69) is 0 Å². The molecule has 0 spiro atoms. The van der Waals surface area contributed by atoms with Gasteiger partial charge in [-0.25, -0.2) is 0 Å². The summed E-state index contributed by atoms with van der Waals surface area (Å²) >= 11 is 0. The van der Waals surface area contributed by atoms with Crippen molar-refractivity contribution in [3.8, 4) is 22.8 Å². The first kappa shape index (κ1) is 19.5. The van der Waals surface area contributed by atoms with Gasteiger partial charge >= 0.3 is 0 Å². The quantitative estimate of drug-likeness (QED) is 0.466. The number of carbonyl (C=O) groups is 1. The molecule has 2 aromatic carbocycles. The zero-order valence-electron chi connectivity index (χ0n) is 16.6. The van der Waals surface area contributed by atoms with E-state index in [0.717, 1.165) is 11.1 Å². The monoisotopic (exact) mass is 408 g/mol. The standard InChI is InChI=1S/C22H20N2O6/c1-28-20-11-15-9-10-23(13-16(15)12-21(20)29-2)22(25)19-8-7-18(30-19)14-3-5-17(6-4-14)24(26)27/h3-8,11-12H,9-10,13H2,1-2H3. The summed E-state index contributed by atoms with van der Waals surface area (Å²) in [4.78, 5) is 25.0. The van der Waals surface area contributed by atoms with Crippen LogP contribution in [0.1, 0.15) is 21.7 Å². The highest BCUT2D eigenvalue weighted by atomic mass is 16.6. The molecule has 1 aliphatic rings.